The van der Waals surface area contributed by atoms with Crippen molar-refractivity contribution in [2.45, 2.75) is 97.9 Å². The fourth-order valence-electron chi connectivity index (χ4n) is 5.02. The van der Waals surface area contributed by atoms with Crippen molar-refractivity contribution in [2.24, 2.45) is 0 Å². The molecule has 0 radical (unpaired) electrons. The van der Waals surface area contributed by atoms with Gasteiger partial charge in [-0.25, -0.2) is 0 Å². The van der Waals surface area contributed by atoms with E-state index in [1.54, 1.807) is 0 Å². The first-order chi connectivity index (χ1) is 15.0. The molecule has 6 nitrogen and oxygen atoms in total. The van der Waals surface area contributed by atoms with Gasteiger partial charge in [-0.2, -0.15) is 0 Å². The molecular formula is C26H39N3O3. The van der Waals surface area contributed by atoms with Gasteiger partial charge in [-0.15, -0.1) is 0 Å². The smallest absolute Gasteiger partial charge is 0.254 e. The van der Waals surface area contributed by atoms with Crippen molar-refractivity contribution in [1.82, 2.24) is 15.4 Å². The van der Waals surface area contributed by atoms with E-state index in [-0.39, 0.29) is 23.0 Å². The molecular weight excluding hydrogens is 402 g/mol. The van der Waals surface area contributed by atoms with Crippen LogP contribution in [0.4, 0.5) is 0 Å². The number of ether oxygens (including phenoxy) is 1. The highest BCUT2D eigenvalue weighted by Crippen LogP contribution is 2.33. The van der Waals surface area contributed by atoms with Crippen LogP contribution in [0.15, 0.2) is 28.8 Å². The molecule has 2 aromatic rings. The lowest BCUT2D eigenvalue weighted by molar-refractivity contribution is 0.0441. The lowest BCUT2D eigenvalue weighted by atomic mass is 9.78. The Morgan fingerprint density at radius 1 is 1.22 bits per heavy atom. The second-order valence-electron chi connectivity index (χ2n) is 10.4. The Bertz CT molecular complexity index is 897. The SMILES string of the molecule is CCCCN(C(=O)c1cccc(OCc2c(C)noc2C)c1)C1CC(C)(C)NC(C)(C)C1. The van der Waals surface area contributed by atoms with Crippen molar-refractivity contribution in [3.05, 3.63) is 46.8 Å². The second-order valence-corrected chi connectivity index (χ2v) is 10.4. The minimum atomic E-state index is -0.0174. The van der Waals surface area contributed by atoms with Gasteiger partial charge < -0.3 is 19.5 Å². The third-order valence-corrected chi connectivity index (χ3v) is 6.27. The Morgan fingerprint density at radius 2 is 1.91 bits per heavy atom. The number of nitrogens with one attached hydrogen (secondary N) is 1. The van der Waals surface area contributed by atoms with Crippen molar-refractivity contribution in [2.75, 3.05) is 6.54 Å². The number of unbranched alkanes of at least 4 members (excludes halogenated alkanes) is 1. The van der Waals surface area contributed by atoms with Crippen molar-refractivity contribution >= 4 is 5.91 Å². The van der Waals surface area contributed by atoms with Gasteiger partial charge in [0.05, 0.1) is 11.3 Å². The average molecular weight is 442 g/mol. The summed E-state index contributed by atoms with van der Waals surface area (Å²) in [6, 6.07) is 7.73. The van der Waals surface area contributed by atoms with E-state index in [1.807, 2.05) is 38.1 Å². The molecule has 1 saturated heterocycles. The molecule has 176 valence electrons. The number of hydrogen-bond donors (Lipinski definition) is 1. The number of rotatable bonds is 8. The molecule has 1 amide bonds. The molecule has 1 N–H and O–H groups in total. The van der Waals surface area contributed by atoms with Crippen LogP contribution in [0.5, 0.6) is 5.75 Å². The van der Waals surface area contributed by atoms with Crippen molar-refractivity contribution in [1.29, 1.82) is 0 Å². The number of piperidine rings is 1. The van der Waals surface area contributed by atoms with Gasteiger partial charge in [0.25, 0.3) is 5.91 Å². The lowest BCUT2D eigenvalue weighted by Crippen LogP contribution is -2.62. The quantitative estimate of drug-likeness (QED) is 0.592. The third kappa shape index (κ3) is 5.91. The molecule has 0 aliphatic carbocycles. The highest BCUT2D eigenvalue weighted by molar-refractivity contribution is 5.94. The summed E-state index contributed by atoms with van der Waals surface area (Å²) in [6.07, 6.45) is 3.93. The number of benzene rings is 1. The molecule has 2 heterocycles. The zero-order chi connectivity index (χ0) is 23.5. The summed E-state index contributed by atoms with van der Waals surface area (Å²) in [5.41, 5.74) is 2.42. The van der Waals surface area contributed by atoms with Gasteiger partial charge in [0, 0.05) is 29.2 Å². The van der Waals surface area contributed by atoms with Gasteiger partial charge >= 0.3 is 0 Å². The average Bonchev–Trinajstić information content (AvgIpc) is 3.02. The zero-order valence-corrected chi connectivity index (χ0v) is 20.7. The Labute approximate surface area is 192 Å². The zero-order valence-electron chi connectivity index (χ0n) is 20.7. The molecule has 1 aliphatic heterocycles. The minimum Gasteiger partial charge on any atom is -0.489 e. The van der Waals surface area contributed by atoms with E-state index in [4.69, 9.17) is 9.26 Å². The Morgan fingerprint density at radius 3 is 2.50 bits per heavy atom. The maximum atomic E-state index is 13.7. The van der Waals surface area contributed by atoms with Gasteiger partial charge in [-0.3, -0.25) is 4.79 Å². The number of nitrogens with zero attached hydrogens (tertiary/aromatic N) is 2. The van der Waals surface area contributed by atoms with Crippen LogP contribution in [0.25, 0.3) is 0 Å². The summed E-state index contributed by atoms with van der Waals surface area (Å²) in [5, 5.41) is 7.71. The summed E-state index contributed by atoms with van der Waals surface area (Å²) in [7, 11) is 0. The number of aromatic nitrogens is 1. The number of aryl methyl sites for hydroxylation is 2. The summed E-state index contributed by atoms with van der Waals surface area (Å²) < 4.78 is 11.2. The van der Waals surface area contributed by atoms with Crippen LogP contribution < -0.4 is 10.1 Å². The van der Waals surface area contributed by atoms with E-state index in [2.05, 4.69) is 50.0 Å². The molecule has 1 aromatic carbocycles. The molecule has 0 bridgehead atoms. The first-order valence-corrected chi connectivity index (χ1v) is 11.8. The summed E-state index contributed by atoms with van der Waals surface area (Å²) in [5.74, 6) is 1.52. The molecule has 1 aromatic heterocycles. The van der Waals surface area contributed by atoms with Gasteiger partial charge in [-0.1, -0.05) is 24.6 Å². The van der Waals surface area contributed by atoms with Crippen LogP contribution in [0.2, 0.25) is 0 Å². The second kappa shape index (κ2) is 9.65. The summed E-state index contributed by atoms with van der Waals surface area (Å²) in [4.78, 5) is 15.8. The predicted octanol–water partition coefficient (Wildman–Crippen LogP) is 5.42. The maximum absolute atomic E-state index is 13.7. The fourth-order valence-corrected chi connectivity index (χ4v) is 5.02. The van der Waals surface area contributed by atoms with E-state index in [9.17, 15) is 4.79 Å². The molecule has 6 heteroatoms. The molecule has 1 aliphatic rings. The van der Waals surface area contributed by atoms with Crippen LogP contribution in [-0.4, -0.2) is 39.6 Å². The van der Waals surface area contributed by atoms with Crippen LogP contribution >= 0.6 is 0 Å². The molecule has 0 unspecified atom stereocenters. The topological polar surface area (TPSA) is 67.6 Å². The van der Waals surface area contributed by atoms with E-state index in [0.717, 1.165) is 49.2 Å². The van der Waals surface area contributed by atoms with Crippen LogP contribution in [0, 0.1) is 13.8 Å². The highest BCUT2D eigenvalue weighted by Gasteiger charge is 2.41. The molecule has 0 atom stereocenters. The molecule has 0 saturated carbocycles. The van der Waals surface area contributed by atoms with Crippen molar-refractivity contribution in [3.8, 4) is 5.75 Å². The van der Waals surface area contributed by atoms with Crippen LogP contribution in [-0.2, 0) is 6.61 Å². The standard InChI is InChI=1S/C26H39N3O3/c1-8-9-13-29(21-15-25(4,5)28-26(6,7)16-21)24(30)20-11-10-12-22(14-20)31-17-23-18(2)27-32-19(23)3/h10-12,14,21,28H,8-9,13,15-17H2,1-7H3. The van der Waals surface area contributed by atoms with E-state index >= 15 is 0 Å². The molecule has 3 rings (SSSR count). The van der Waals surface area contributed by atoms with E-state index < -0.39 is 0 Å². The first-order valence-electron chi connectivity index (χ1n) is 11.8. The normalized spacial score (nSPS) is 17.8. The van der Waals surface area contributed by atoms with Crippen molar-refractivity contribution < 1.29 is 14.1 Å². The van der Waals surface area contributed by atoms with Crippen LogP contribution in [0.3, 0.4) is 0 Å². The Kier molecular flexibility index (Phi) is 7.33. The lowest BCUT2D eigenvalue weighted by Gasteiger charge is -2.49. The predicted molar refractivity (Wildman–Crippen MR) is 127 cm³/mol. The molecule has 0 spiro atoms. The van der Waals surface area contributed by atoms with Gasteiger partial charge in [0.2, 0.25) is 0 Å². The number of carbonyl (C=O) groups excluding carboxylic acids is 1. The van der Waals surface area contributed by atoms with Gasteiger partial charge in [0.1, 0.15) is 18.1 Å². The highest BCUT2D eigenvalue weighted by atomic mass is 16.5. The summed E-state index contributed by atoms with van der Waals surface area (Å²) in [6.45, 7) is 16.0. The fraction of sp³-hybridized carbons (Fsp3) is 0.615. The largest absolute Gasteiger partial charge is 0.489 e. The van der Waals surface area contributed by atoms with Crippen LogP contribution in [0.1, 0.15) is 87.7 Å². The number of carbonyl (C=O) groups is 1. The van der Waals surface area contributed by atoms with E-state index in [1.165, 1.54) is 0 Å². The van der Waals surface area contributed by atoms with Gasteiger partial charge in [0.15, 0.2) is 0 Å². The van der Waals surface area contributed by atoms with Gasteiger partial charge in [-0.05, 0) is 79.0 Å². The third-order valence-electron chi connectivity index (χ3n) is 6.27. The number of hydrogen-bond acceptors (Lipinski definition) is 5. The van der Waals surface area contributed by atoms with E-state index in [0.29, 0.717) is 17.9 Å². The Balaban J connectivity index is 1.79. The summed E-state index contributed by atoms with van der Waals surface area (Å²) >= 11 is 0. The first kappa shape index (κ1) is 24.3. The van der Waals surface area contributed by atoms with Crippen molar-refractivity contribution in [3.63, 3.8) is 0 Å². The molecule has 32 heavy (non-hydrogen) atoms. The Hall–Kier alpha value is -2.34. The number of amides is 1. The minimum absolute atomic E-state index is 0.0174. The maximum Gasteiger partial charge on any atom is 0.254 e. The monoisotopic (exact) mass is 441 g/mol. The molecule has 1 fully saturated rings.